The summed E-state index contributed by atoms with van der Waals surface area (Å²) >= 11 is 0. The van der Waals surface area contributed by atoms with Gasteiger partial charge in [0.1, 0.15) is 5.82 Å². The van der Waals surface area contributed by atoms with Gasteiger partial charge in [0.15, 0.2) is 0 Å². The number of carbonyl (C=O) groups is 1. The number of anilines is 1. The maximum atomic E-state index is 13.3. The number of amides is 1. The largest absolute Gasteiger partial charge is 0.325 e. The zero-order valence-corrected chi connectivity index (χ0v) is 12.4. The molecule has 0 unspecified atom stereocenters. The van der Waals surface area contributed by atoms with Gasteiger partial charge in [0.05, 0.1) is 17.5 Å². The number of aromatic amines is 1. The van der Waals surface area contributed by atoms with Crippen LogP contribution in [0.5, 0.6) is 0 Å². The van der Waals surface area contributed by atoms with Crippen molar-refractivity contribution in [2.24, 2.45) is 0 Å². The van der Waals surface area contributed by atoms with Gasteiger partial charge < -0.3 is 5.32 Å². The van der Waals surface area contributed by atoms with Crippen molar-refractivity contribution in [2.45, 2.75) is 13.3 Å². The number of hydrogen-bond donors (Lipinski definition) is 2. The highest BCUT2D eigenvalue weighted by molar-refractivity contribution is 5.95. The van der Waals surface area contributed by atoms with Gasteiger partial charge in [0.2, 0.25) is 5.91 Å². The van der Waals surface area contributed by atoms with E-state index in [0.717, 1.165) is 5.56 Å². The minimum Gasteiger partial charge on any atom is -0.325 e. The van der Waals surface area contributed by atoms with Crippen molar-refractivity contribution in [2.75, 3.05) is 5.32 Å². The van der Waals surface area contributed by atoms with Crippen molar-refractivity contribution in [1.29, 1.82) is 0 Å². The third-order valence-corrected chi connectivity index (χ3v) is 3.58. The molecule has 3 rings (SSSR count). The van der Waals surface area contributed by atoms with Crippen molar-refractivity contribution >= 4 is 22.4 Å². The number of aryl methyl sites for hydroxylation is 1. The second kappa shape index (κ2) is 6.00. The summed E-state index contributed by atoms with van der Waals surface area (Å²) in [5.74, 6) is -0.748. The van der Waals surface area contributed by atoms with E-state index < -0.39 is 5.82 Å². The van der Waals surface area contributed by atoms with Crippen molar-refractivity contribution in [1.82, 2.24) is 10.2 Å². The van der Waals surface area contributed by atoms with Gasteiger partial charge in [0, 0.05) is 11.1 Å². The van der Waals surface area contributed by atoms with E-state index in [2.05, 4.69) is 15.5 Å². The Bertz CT molecular complexity index is 950. The first-order valence-electron chi connectivity index (χ1n) is 7.07. The van der Waals surface area contributed by atoms with Gasteiger partial charge in [0.25, 0.3) is 5.56 Å². The Morgan fingerprint density at radius 1 is 1.22 bits per heavy atom. The summed E-state index contributed by atoms with van der Waals surface area (Å²) in [5.41, 5.74) is 1.35. The van der Waals surface area contributed by atoms with E-state index in [1.807, 2.05) is 0 Å². The van der Waals surface area contributed by atoms with E-state index in [4.69, 9.17) is 0 Å². The molecule has 2 aromatic carbocycles. The molecule has 0 bridgehead atoms. The van der Waals surface area contributed by atoms with Gasteiger partial charge in [-0.25, -0.2) is 9.49 Å². The lowest BCUT2D eigenvalue weighted by atomic mass is 10.1. The zero-order valence-electron chi connectivity index (χ0n) is 12.4. The molecule has 6 heteroatoms. The normalized spacial score (nSPS) is 10.7. The van der Waals surface area contributed by atoms with E-state index in [9.17, 15) is 14.0 Å². The predicted octanol–water partition coefficient (Wildman–Crippen LogP) is 2.55. The van der Waals surface area contributed by atoms with Gasteiger partial charge in [-0.1, -0.05) is 24.3 Å². The molecule has 0 aliphatic carbocycles. The molecule has 0 fully saturated rings. The van der Waals surface area contributed by atoms with Gasteiger partial charge in [-0.2, -0.15) is 5.10 Å². The van der Waals surface area contributed by atoms with Crippen LogP contribution in [0, 0.1) is 12.7 Å². The molecule has 3 aromatic rings. The SMILES string of the molecule is Cc1ccc(F)cc1NC(=O)Cc1n[nH]c(=O)c2ccccc12. The molecule has 0 saturated carbocycles. The van der Waals surface area contributed by atoms with Crippen LogP contribution < -0.4 is 10.9 Å². The second-order valence-electron chi connectivity index (χ2n) is 5.23. The van der Waals surface area contributed by atoms with Crippen LogP contribution in [0.3, 0.4) is 0 Å². The van der Waals surface area contributed by atoms with E-state index in [1.54, 1.807) is 37.3 Å². The van der Waals surface area contributed by atoms with Crippen LogP contribution in [0.4, 0.5) is 10.1 Å². The van der Waals surface area contributed by atoms with Crippen molar-refractivity contribution in [3.63, 3.8) is 0 Å². The average Bonchev–Trinajstić information content (AvgIpc) is 2.54. The van der Waals surface area contributed by atoms with Crippen molar-refractivity contribution < 1.29 is 9.18 Å². The monoisotopic (exact) mass is 311 g/mol. The summed E-state index contributed by atoms with van der Waals surface area (Å²) in [5, 5.41) is 10.1. The Hall–Kier alpha value is -3.02. The molecular weight excluding hydrogens is 297 g/mol. The quantitative estimate of drug-likeness (QED) is 0.780. The highest BCUT2D eigenvalue weighted by Crippen LogP contribution is 2.17. The fourth-order valence-electron chi connectivity index (χ4n) is 2.38. The van der Waals surface area contributed by atoms with Gasteiger partial charge in [-0.15, -0.1) is 0 Å². The summed E-state index contributed by atoms with van der Waals surface area (Å²) < 4.78 is 13.3. The van der Waals surface area contributed by atoms with Gasteiger partial charge in [-0.3, -0.25) is 9.59 Å². The summed E-state index contributed by atoms with van der Waals surface area (Å²) in [7, 11) is 0. The molecule has 1 heterocycles. The molecule has 0 spiro atoms. The van der Waals surface area contributed by atoms with E-state index >= 15 is 0 Å². The summed E-state index contributed by atoms with van der Waals surface area (Å²) in [6.45, 7) is 1.78. The Labute approximate surface area is 131 Å². The first-order valence-corrected chi connectivity index (χ1v) is 7.07. The number of aromatic nitrogens is 2. The molecule has 0 aliphatic heterocycles. The Morgan fingerprint density at radius 2 is 1.96 bits per heavy atom. The predicted molar refractivity (Wildman–Crippen MR) is 85.8 cm³/mol. The molecule has 0 saturated heterocycles. The second-order valence-corrected chi connectivity index (χ2v) is 5.23. The van der Waals surface area contributed by atoms with Gasteiger partial charge >= 0.3 is 0 Å². The number of H-pyrrole nitrogens is 1. The van der Waals surface area contributed by atoms with Crippen LogP contribution >= 0.6 is 0 Å². The molecule has 1 aromatic heterocycles. The maximum absolute atomic E-state index is 13.3. The lowest BCUT2D eigenvalue weighted by molar-refractivity contribution is -0.115. The summed E-state index contributed by atoms with van der Waals surface area (Å²) in [6.07, 6.45) is -0.0206. The minimum absolute atomic E-state index is 0.0206. The molecule has 1 amide bonds. The van der Waals surface area contributed by atoms with E-state index in [0.29, 0.717) is 22.2 Å². The first kappa shape index (κ1) is 14.9. The fraction of sp³-hybridized carbons (Fsp3) is 0.118. The van der Waals surface area contributed by atoms with Gasteiger partial charge in [-0.05, 0) is 30.7 Å². The number of fused-ring (bicyclic) bond motifs is 1. The number of halogens is 1. The standard InChI is InChI=1S/C17H14FN3O2/c1-10-6-7-11(18)8-14(10)19-16(22)9-15-12-4-2-3-5-13(12)17(23)21-20-15/h2-8H,9H2,1H3,(H,19,22)(H,21,23). The molecule has 5 nitrogen and oxygen atoms in total. The number of nitrogens with zero attached hydrogens (tertiary/aromatic N) is 1. The Kier molecular flexibility index (Phi) is 3.89. The molecular formula is C17H14FN3O2. The third kappa shape index (κ3) is 3.11. The smallest absolute Gasteiger partial charge is 0.272 e. The van der Waals surface area contributed by atoms with Crippen LogP contribution in [0.15, 0.2) is 47.3 Å². The third-order valence-electron chi connectivity index (χ3n) is 3.58. The molecule has 2 N–H and O–H groups in total. The van der Waals surface area contributed by atoms with Crippen LogP contribution in [0.25, 0.3) is 10.8 Å². The maximum Gasteiger partial charge on any atom is 0.272 e. The number of rotatable bonds is 3. The van der Waals surface area contributed by atoms with E-state index in [-0.39, 0.29) is 17.9 Å². The minimum atomic E-state index is -0.418. The molecule has 0 radical (unpaired) electrons. The summed E-state index contributed by atoms with van der Waals surface area (Å²) in [4.78, 5) is 23.9. The first-order chi connectivity index (χ1) is 11.0. The average molecular weight is 311 g/mol. The Morgan fingerprint density at radius 3 is 2.74 bits per heavy atom. The highest BCUT2D eigenvalue weighted by Gasteiger charge is 2.12. The number of hydrogen-bond acceptors (Lipinski definition) is 3. The highest BCUT2D eigenvalue weighted by atomic mass is 19.1. The van der Waals surface area contributed by atoms with Crippen LogP contribution in [0.1, 0.15) is 11.3 Å². The number of benzene rings is 2. The molecule has 116 valence electrons. The van der Waals surface area contributed by atoms with Crippen molar-refractivity contribution in [3.05, 3.63) is 69.9 Å². The topological polar surface area (TPSA) is 74.8 Å². The lowest BCUT2D eigenvalue weighted by Crippen LogP contribution is -2.19. The molecule has 0 aliphatic rings. The fourth-order valence-corrected chi connectivity index (χ4v) is 2.38. The van der Waals surface area contributed by atoms with E-state index in [1.165, 1.54) is 12.1 Å². The van der Waals surface area contributed by atoms with Crippen LogP contribution in [-0.2, 0) is 11.2 Å². The van der Waals surface area contributed by atoms with Crippen molar-refractivity contribution in [3.8, 4) is 0 Å². The Balaban J connectivity index is 1.88. The van der Waals surface area contributed by atoms with Crippen LogP contribution in [0.2, 0.25) is 0 Å². The summed E-state index contributed by atoms with van der Waals surface area (Å²) in [6, 6.07) is 11.1. The van der Waals surface area contributed by atoms with Crippen LogP contribution in [-0.4, -0.2) is 16.1 Å². The number of nitrogens with one attached hydrogen (secondary N) is 2. The number of carbonyl (C=O) groups excluding carboxylic acids is 1. The molecule has 0 atom stereocenters. The zero-order chi connectivity index (χ0) is 16.4. The molecule has 23 heavy (non-hydrogen) atoms. The lowest BCUT2D eigenvalue weighted by Gasteiger charge is -2.09.